The number of benzene rings is 1. The number of fused-ring (bicyclic) bond motifs is 2. The molecule has 0 spiro atoms. The number of amides is 1. The van der Waals surface area contributed by atoms with Crippen LogP contribution in [0, 0.1) is 5.92 Å². The van der Waals surface area contributed by atoms with Crippen LogP contribution in [0.3, 0.4) is 0 Å². The van der Waals surface area contributed by atoms with Crippen molar-refractivity contribution in [3.05, 3.63) is 35.4 Å². The molecule has 114 valence electrons. The molecule has 1 aromatic carbocycles. The summed E-state index contributed by atoms with van der Waals surface area (Å²) < 4.78 is 37.3. The van der Waals surface area contributed by atoms with Gasteiger partial charge >= 0.3 is 6.18 Å². The molecule has 2 bridgehead atoms. The fraction of sp³-hybridized carbons (Fsp3) is 0.533. The number of hydrogen-bond acceptors (Lipinski definition) is 2. The summed E-state index contributed by atoms with van der Waals surface area (Å²) in [6.45, 7) is 0.269. The van der Waals surface area contributed by atoms with Crippen LogP contribution in [0.2, 0.25) is 0 Å². The quantitative estimate of drug-likeness (QED) is 0.900. The highest BCUT2D eigenvalue weighted by atomic mass is 19.4. The number of nitrogens with one attached hydrogen (secondary N) is 2. The lowest BCUT2D eigenvalue weighted by Crippen LogP contribution is -2.37. The molecule has 2 saturated heterocycles. The van der Waals surface area contributed by atoms with E-state index in [2.05, 4.69) is 10.6 Å². The van der Waals surface area contributed by atoms with E-state index in [0.29, 0.717) is 11.6 Å². The molecule has 2 aliphatic rings. The molecule has 1 aromatic rings. The predicted molar refractivity (Wildman–Crippen MR) is 71.3 cm³/mol. The van der Waals surface area contributed by atoms with Gasteiger partial charge in [0.15, 0.2) is 0 Å². The average molecular weight is 298 g/mol. The van der Waals surface area contributed by atoms with Crippen LogP contribution in [-0.2, 0) is 17.5 Å². The Bertz CT molecular complexity index is 527. The van der Waals surface area contributed by atoms with Gasteiger partial charge in [-0.1, -0.05) is 12.1 Å². The van der Waals surface area contributed by atoms with Gasteiger partial charge in [-0.3, -0.25) is 4.79 Å². The van der Waals surface area contributed by atoms with Crippen molar-refractivity contribution >= 4 is 5.91 Å². The van der Waals surface area contributed by atoms with Crippen LogP contribution in [0.15, 0.2) is 24.3 Å². The number of rotatable bonds is 3. The van der Waals surface area contributed by atoms with Gasteiger partial charge in [-0.15, -0.1) is 0 Å². The molecule has 0 saturated carbocycles. The van der Waals surface area contributed by atoms with Gasteiger partial charge in [0.2, 0.25) is 5.91 Å². The molecule has 3 rings (SSSR count). The normalized spacial score (nSPS) is 27.9. The highest BCUT2D eigenvalue weighted by molar-refractivity contribution is 5.80. The lowest BCUT2D eigenvalue weighted by Gasteiger charge is -2.19. The predicted octanol–water partition coefficient (Wildman–Crippen LogP) is 2.46. The van der Waals surface area contributed by atoms with Gasteiger partial charge in [0.05, 0.1) is 11.5 Å². The van der Waals surface area contributed by atoms with Gasteiger partial charge < -0.3 is 10.6 Å². The summed E-state index contributed by atoms with van der Waals surface area (Å²) in [6.07, 6.45) is -1.30. The lowest BCUT2D eigenvalue weighted by atomic mass is 9.88. The number of alkyl halides is 3. The van der Waals surface area contributed by atoms with Crippen molar-refractivity contribution in [1.82, 2.24) is 10.6 Å². The van der Waals surface area contributed by atoms with Gasteiger partial charge in [-0.25, -0.2) is 0 Å². The minimum absolute atomic E-state index is 0.00167. The van der Waals surface area contributed by atoms with Crippen LogP contribution in [-0.4, -0.2) is 18.0 Å². The van der Waals surface area contributed by atoms with Crippen molar-refractivity contribution in [3.63, 3.8) is 0 Å². The highest BCUT2D eigenvalue weighted by Crippen LogP contribution is 2.33. The highest BCUT2D eigenvalue weighted by Gasteiger charge is 2.42. The maximum Gasteiger partial charge on any atom is 0.416 e. The topological polar surface area (TPSA) is 41.1 Å². The van der Waals surface area contributed by atoms with Crippen molar-refractivity contribution in [1.29, 1.82) is 0 Å². The number of halogens is 3. The van der Waals surface area contributed by atoms with E-state index >= 15 is 0 Å². The van der Waals surface area contributed by atoms with Gasteiger partial charge in [0.25, 0.3) is 0 Å². The fourth-order valence-electron chi connectivity index (χ4n) is 3.25. The van der Waals surface area contributed by atoms with Crippen molar-refractivity contribution in [2.45, 2.75) is 44.1 Å². The maximum absolute atomic E-state index is 12.4. The third-order valence-corrected chi connectivity index (χ3v) is 4.38. The smallest absolute Gasteiger partial charge is 0.352 e. The molecule has 6 heteroatoms. The molecule has 0 aliphatic carbocycles. The van der Waals surface area contributed by atoms with Gasteiger partial charge in [0.1, 0.15) is 0 Å². The molecule has 3 atom stereocenters. The van der Waals surface area contributed by atoms with E-state index in [1.807, 2.05) is 0 Å². The van der Waals surface area contributed by atoms with E-state index in [4.69, 9.17) is 0 Å². The second-order valence-corrected chi connectivity index (χ2v) is 5.80. The SMILES string of the molecule is O=C(NCc1ccc(C(F)(F)F)cc1)C1CC2CCC1N2. The second kappa shape index (κ2) is 5.33. The summed E-state index contributed by atoms with van der Waals surface area (Å²) in [5.74, 6) is -0.00667. The van der Waals surface area contributed by atoms with Gasteiger partial charge in [-0.2, -0.15) is 13.2 Å². The Morgan fingerprint density at radius 1 is 1.24 bits per heavy atom. The van der Waals surface area contributed by atoms with Crippen LogP contribution in [0.4, 0.5) is 13.2 Å². The first-order chi connectivity index (χ1) is 9.93. The molecular formula is C15H17F3N2O. The molecule has 0 radical (unpaired) electrons. The molecule has 1 amide bonds. The summed E-state index contributed by atoms with van der Waals surface area (Å²) >= 11 is 0. The van der Waals surface area contributed by atoms with Crippen molar-refractivity contribution in [2.75, 3.05) is 0 Å². The van der Waals surface area contributed by atoms with Crippen LogP contribution in [0.1, 0.15) is 30.4 Å². The first-order valence-corrected chi connectivity index (χ1v) is 7.13. The van der Waals surface area contributed by atoms with Crippen LogP contribution >= 0.6 is 0 Å². The zero-order valence-corrected chi connectivity index (χ0v) is 11.4. The first-order valence-electron chi connectivity index (χ1n) is 7.13. The molecule has 2 fully saturated rings. The molecule has 2 aliphatic heterocycles. The summed E-state index contributed by atoms with van der Waals surface area (Å²) in [5.41, 5.74) is 0.00217. The Balaban J connectivity index is 1.54. The van der Waals surface area contributed by atoms with E-state index in [-0.39, 0.29) is 24.4 Å². The lowest BCUT2D eigenvalue weighted by molar-refractivity contribution is -0.137. The van der Waals surface area contributed by atoms with E-state index < -0.39 is 11.7 Å². The minimum Gasteiger partial charge on any atom is -0.352 e. The van der Waals surface area contributed by atoms with E-state index in [1.54, 1.807) is 0 Å². The molecule has 3 unspecified atom stereocenters. The molecule has 3 nitrogen and oxygen atoms in total. The largest absolute Gasteiger partial charge is 0.416 e. The monoisotopic (exact) mass is 298 g/mol. The third-order valence-electron chi connectivity index (χ3n) is 4.38. The molecule has 2 N–H and O–H groups in total. The molecular weight excluding hydrogens is 281 g/mol. The Hall–Kier alpha value is -1.56. The Morgan fingerprint density at radius 2 is 1.95 bits per heavy atom. The van der Waals surface area contributed by atoms with Gasteiger partial charge in [-0.05, 0) is 37.0 Å². The molecule has 2 heterocycles. The summed E-state index contributed by atoms with van der Waals surface area (Å²) in [6, 6.07) is 5.62. The van der Waals surface area contributed by atoms with Crippen LogP contribution in [0.25, 0.3) is 0 Å². The van der Waals surface area contributed by atoms with Crippen molar-refractivity contribution in [2.24, 2.45) is 5.92 Å². The molecule has 0 aromatic heterocycles. The summed E-state index contributed by atoms with van der Waals surface area (Å²) in [7, 11) is 0. The van der Waals surface area contributed by atoms with Crippen molar-refractivity contribution in [3.8, 4) is 0 Å². The van der Waals surface area contributed by atoms with Crippen LogP contribution < -0.4 is 10.6 Å². The van der Waals surface area contributed by atoms with E-state index in [9.17, 15) is 18.0 Å². The minimum atomic E-state index is -4.32. The third kappa shape index (κ3) is 3.05. The van der Waals surface area contributed by atoms with E-state index in [1.165, 1.54) is 12.1 Å². The zero-order chi connectivity index (χ0) is 15.0. The zero-order valence-electron chi connectivity index (χ0n) is 11.4. The van der Waals surface area contributed by atoms with Crippen molar-refractivity contribution < 1.29 is 18.0 Å². The molecule has 21 heavy (non-hydrogen) atoms. The number of hydrogen-bond donors (Lipinski definition) is 2. The Morgan fingerprint density at radius 3 is 2.48 bits per heavy atom. The average Bonchev–Trinajstić information content (AvgIpc) is 3.07. The summed E-state index contributed by atoms with van der Waals surface area (Å²) in [5, 5.41) is 6.22. The summed E-state index contributed by atoms with van der Waals surface area (Å²) in [4.78, 5) is 12.1. The first kappa shape index (κ1) is 14.4. The number of carbonyl (C=O) groups excluding carboxylic acids is 1. The van der Waals surface area contributed by atoms with Gasteiger partial charge in [0, 0.05) is 18.6 Å². The standard InChI is InChI=1S/C15H17F3N2O/c16-15(17,18)10-3-1-9(2-4-10)8-19-14(21)12-7-11-5-6-13(12)20-11/h1-4,11-13,20H,5-8H2,(H,19,21). The Kier molecular flexibility index (Phi) is 3.65. The van der Waals surface area contributed by atoms with E-state index in [0.717, 1.165) is 31.4 Å². The Labute approximate surface area is 120 Å². The fourth-order valence-corrected chi connectivity index (χ4v) is 3.25. The second-order valence-electron chi connectivity index (χ2n) is 5.80. The maximum atomic E-state index is 12.4. The number of carbonyl (C=O) groups is 1. The van der Waals surface area contributed by atoms with Crippen LogP contribution in [0.5, 0.6) is 0 Å².